The van der Waals surface area contributed by atoms with E-state index in [4.69, 9.17) is 5.73 Å². The molecule has 2 atom stereocenters. The molecule has 0 radical (unpaired) electrons. The average Bonchev–Trinajstić information content (AvgIpc) is 2.44. The summed E-state index contributed by atoms with van der Waals surface area (Å²) in [6.07, 6.45) is 1.43. The molecule has 4 heteroatoms. The maximum Gasteiger partial charge on any atom is 0.227 e. The second-order valence-electron chi connectivity index (χ2n) is 5.94. The van der Waals surface area contributed by atoms with Gasteiger partial charge in [-0.1, -0.05) is 37.3 Å². The number of amides is 1. The highest BCUT2D eigenvalue weighted by atomic mass is 16.3. The summed E-state index contributed by atoms with van der Waals surface area (Å²) in [6.45, 7) is 2.59. The van der Waals surface area contributed by atoms with Crippen molar-refractivity contribution in [3.8, 4) is 0 Å². The van der Waals surface area contributed by atoms with Gasteiger partial charge in [0.15, 0.2) is 0 Å². The third-order valence-electron chi connectivity index (χ3n) is 4.23. The smallest absolute Gasteiger partial charge is 0.227 e. The van der Waals surface area contributed by atoms with Crippen LogP contribution in [0.5, 0.6) is 0 Å². The number of rotatable bonds is 5. The fourth-order valence-corrected chi connectivity index (χ4v) is 2.79. The van der Waals surface area contributed by atoms with Crippen molar-refractivity contribution in [3.05, 3.63) is 35.9 Å². The molecule has 0 spiro atoms. The summed E-state index contributed by atoms with van der Waals surface area (Å²) in [6, 6.07) is 9.44. The predicted octanol–water partition coefficient (Wildman–Crippen LogP) is 1.55. The van der Waals surface area contributed by atoms with Crippen molar-refractivity contribution in [2.75, 3.05) is 13.6 Å². The zero-order valence-corrected chi connectivity index (χ0v) is 12.2. The second-order valence-corrected chi connectivity index (χ2v) is 5.94. The molecule has 1 aliphatic carbocycles. The molecule has 4 nitrogen and oxygen atoms in total. The van der Waals surface area contributed by atoms with E-state index in [1.807, 2.05) is 44.3 Å². The Kier molecular flexibility index (Phi) is 4.78. The molecule has 0 bridgehead atoms. The third-order valence-corrected chi connectivity index (χ3v) is 4.23. The van der Waals surface area contributed by atoms with Crippen molar-refractivity contribution in [1.29, 1.82) is 0 Å². The van der Waals surface area contributed by atoms with Crippen LogP contribution in [0.25, 0.3) is 0 Å². The van der Waals surface area contributed by atoms with Crippen LogP contribution in [0, 0.1) is 11.8 Å². The highest BCUT2D eigenvalue weighted by molar-refractivity contribution is 5.79. The monoisotopic (exact) mass is 276 g/mol. The van der Waals surface area contributed by atoms with E-state index in [-0.39, 0.29) is 24.0 Å². The summed E-state index contributed by atoms with van der Waals surface area (Å²) in [5.74, 6) is 0.259. The zero-order chi connectivity index (χ0) is 14.7. The first-order valence-electron chi connectivity index (χ1n) is 7.22. The largest absolute Gasteiger partial charge is 0.393 e. The number of aliphatic hydroxyl groups excluding tert-OH is 1. The van der Waals surface area contributed by atoms with Crippen LogP contribution in [0.3, 0.4) is 0 Å². The van der Waals surface area contributed by atoms with Crippen LogP contribution in [0.4, 0.5) is 0 Å². The molecule has 3 N–H and O–H groups in total. The standard InChI is InChI=1S/C16H24N2O2/c1-11(15(17)13-6-4-3-5-7-13)16(20)18(2)10-12-8-14(19)9-12/h3-7,11-12,14-15,19H,8-10,17H2,1-2H3. The zero-order valence-electron chi connectivity index (χ0n) is 12.2. The number of aliphatic hydroxyl groups is 1. The SMILES string of the molecule is CC(C(=O)N(C)CC1CC(O)C1)C(N)c1ccccc1. The number of hydrogen-bond acceptors (Lipinski definition) is 3. The molecule has 1 saturated carbocycles. The molecule has 0 heterocycles. The molecular formula is C16H24N2O2. The van der Waals surface area contributed by atoms with Crippen LogP contribution in [0.1, 0.15) is 31.4 Å². The number of carbonyl (C=O) groups excluding carboxylic acids is 1. The van der Waals surface area contributed by atoms with Crippen molar-refractivity contribution < 1.29 is 9.90 Å². The quantitative estimate of drug-likeness (QED) is 0.857. The minimum atomic E-state index is -0.280. The third kappa shape index (κ3) is 3.38. The van der Waals surface area contributed by atoms with Crippen molar-refractivity contribution in [1.82, 2.24) is 4.90 Å². The first-order valence-corrected chi connectivity index (χ1v) is 7.22. The topological polar surface area (TPSA) is 66.6 Å². The highest BCUT2D eigenvalue weighted by Crippen LogP contribution is 2.28. The van der Waals surface area contributed by atoms with Gasteiger partial charge in [-0.05, 0) is 24.3 Å². The molecule has 0 saturated heterocycles. The molecule has 2 unspecified atom stereocenters. The molecule has 1 amide bonds. The van der Waals surface area contributed by atoms with E-state index in [0.717, 1.165) is 18.4 Å². The van der Waals surface area contributed by atoms with E-state index >= 15 is 0 Å². The van der Waals surface area contributed by atoms with Gasteiger partial charge in [0.1, 0.15) is 0 Å². The minimum Gasteiger partial charge on any atom is -0.393 e. The van der Waals surface area contributed by atoms with E-state index in [1.54, 1.807) is 4.90 Å². The van der Waals surface area contributed by atoms with Gasteiger partial charge in [-0.15, -0.1) is 0 Å². The lowest BCUT2D eigenvalue weighted by molar-refractivity contribution is -0.136. The van der Waals surface area contributed by atoms with Gasteiger partial charge in [0.25, 0.3) is 0 Å². The average molecular weight is 276 g/mol. The normalized spacial score (nSPS) is 24.6. The molecule has 1 aliphatic rings. The Bertz CT molecular complexity index is 443. The molecule has 1 aromatic rings. The van der Waals surface area contributed by atoms with Crippen molar-refractivity contribution in [2.24, 2.45) is 17.6 Å². The van der Waals surface area contributed by atoms with E-state index < -0.39 is 0 Å². The van der Waals surface area contributed by atoms with Gasteiger partial charge in [0, 0.05) is 19.6 Å². The van der Waals surface area contributed by atoms with Gasteiger partial charge < -0.3 is 15.7 Å². The first kappa shape index (κ1) is 15.0. The minimum absolute atomic E-state index is 0.0720. The van der Waals surface area contributed by atoms with Crippen molar-refractivity contribution in [2.45, 2.75) is 31.9 Å². The Hall–Kier alpha value is -1.39. The molecule has 0 aliphatic heterocycles. The molecule has 2 rings (SSSR count). The lowest BCUT2D eigenvalue weighted by atomic mass is 9.82. The molecular weight excluding hydrogens is 252 g/mol. The Morgan fingerprint density at radius 3 is 2.55 bits per heavy atom. The number of benzene rings is 1. The first-order chi connectivity index (χ1) is 9.49. The number of carbonyl (C=O) groups is 1. The summed E-state index contributed by atoms with van der Waals surface area (Å²) < 4.78 is 0. The highest BCUT2D eigenvalue weighted by Gasteiger charge is 2.31. The maximum absolute atomic E-state index is 12.4. The number of nitrogens with zero attached hydrogens (tertiary/aromatic N) is 1. The van der Waals surface area contributed by atoms with Gasteiger partial charge in [-0.25, -0.2) is 0 Å². The van der Waals surface area contributed by atoms with Crippen LogP contribution in [-0.4, -0.2) is 35.6 Å². The Morgan fingerprint density at radius 2 is 2.00 bits per heavy atom. The van der Waals surface area contributed by atoms with Crippen molar-refractivity contribution >= 4 is 5.91 Å². The Morgan fingerprint density at radius 1 is 1.40 bits per heavy atom. The van der Waals surface area contributed by atoms with Crippen molar-refractivity contribution in [3.63, 3.8) is 0 Å². The van der Waals surface area contributed by atoms with E-state index in [1.165, 1.54) is 0 Å². The summed E-state index contributed by atoms with van der Waals surface area (Å²) in [5, 5.41) is 9.29. The fraction of sp³-hybridized carbons (Fsp3) is 0.562. The van der Waals surface area contributed by atoms with Crippen LogP contribution in [-0.2, 0) is 4.79 Å². The van der Waals surface area contributed by atoms with Gasteiger partial charge in [-0.2, -0.15) is 0 Å². The van der Waals surface area contributed by atoms with E-state index in [9.17, 15) is 9.90 Å². The summed E-state index contributed by atoms with van der Waals surface area (Å²) in [4.78, 5) is 14.2. The van der Waals surface area contributed by atoms with Crippen LogP contribution in [0.15, 0.2) is 30.3 Å². The molecule has 1 aromatic carbocycles. The van der Waals surface area contributed by atoms with Gasteiger partial charge >= 0.3 is 0 Å². The summed E-state index contributed by atoms with van der Waals surface area (Å²) in [5.41, 5.74) is 7.18. The molecule has 0 aromatic heterocycles. The van der Waals surface area contributed by atoms with Crippen LogP contribution < -0.4 is 5.73 Å². The van der Waals surface area contributed by atoms with Crippen LogP contribution >= 0.6 is 0 Å². The fourth-order valence-electron chi connectivity index (χ4n) is 2.79. The Labute approximate surface area is 120 Å². The lowest BCUT2D eigenvalue weighted by Crippen LogP contribution is -2.43. The van der Waals surface area contributed by atoms with E-state index in [2.05, 4.69) is 0 Å². The van der Waals surface area contributed by atoms with Gasteiger partial charge in [0.2, 0.25) is 5.91 Å². The molecule has 20 heavy (non-hydrogen) atoms. The van der Waals surface area contributed by atoms with Crippen LogP contribution in [0.2, 0.25) is 0 Å². The summed E-state index contributed by atoms with van der Waals surface area (Å²) in [7, 11) is 1.82. The Balaban J connectivity index is 1.90. The van der Waals surface area contributed by atoms with Gasteiger partial charge in [0.05, 0.1) is 12.0 Å². The molecule has 1 fully saturated rings. The summed E-state index contributed by atoms with van der Waals surface area (Å²) >= 11 is 0. The lowest BCUT2D eigenvalue weighted by Gasteiger charge is -2.35. The number of nitrogens with two attached hydrogens (primary N) is 1. The number of hydrogen-bond donors (Lipinski definition) is 2. The predicted molar refractivity (Wildman–Crippen MR) is 78.9 cm³/mol. The maximum atomic E-state index is 12.4. The van der Waals surface area contributed by atoms with Gasteiger partial charge in [-0.3, -0.25) is 4.79 Å². The second kappa shape index (κ2) is 6.37. The van der Waals surface area contributed by atoms with E-state index in [0.29, 0.717) is 12.5 Å². The molecule has 110 valence electrons.